The summed E-state index contributed by atoms with van der Waals surface area (Å²) in [5.41, 5.74) is 3.54. The molecule has 1 saturated heterocycles. The third-order valence-corrected chi connectivity index (χ3v) is 6.00. The first-order chi connectivity index (χ1) is 13.1. The van der Waals surface area contributed by atoms with Crippen molar-refractivity contribution >= 4 is 28.9 Å². The minimum absolute atomic E-state index is 0.0994. The highest BCUT2D eigenvalue weighted by atomic mass is 35.5. The van der Waals surface area contributed by atoms with Crippen LogP contribution in [0.3, 0.4) is 0 Å². The van der Waals surface area contributed by atoms with E-state index < -0.39 is 0 Å². The lowest BCUT2D eigenvalue weighted by Gasteiger charge is -2.40. The number of piperazine rings is 1. The Balaban J connectivity index is 1.41. The summed E-state index contributed by atoms with van der Waals surface area (Å²) < 4.78 is 0. The molecule has 27 heavy (non-hydrogen) atoms. The number of halogens is 1. The molecule has 4 rings (SSSR count). The summed E-state index contributed by atoms with van der Waals surface area (Å²) in [4.78, 5) is 19.9. The molecule has 0 saturated carbocycles. The molecule has 5 heteroatoms. The minimum atomic E-state index is -0.0994. The molecule has 0 spiro atoms. The monoisotopic (exact) mass is 383 g/mol. The van der Waals surface area contributed by atoms with E-state index in [0.717, 1.165) is 62.0 Å². The molecule has 0 radical (unpaired) electrons. The molecule has 1 fully saturated rings. The van der Waals surface area contributed by atoms with E-state index >= 15 is 0 Å². The number of carbonyl (C=O) groups excluding carboxylic acids is 1. The molecule has 1 amide bonds. The lowest BCUT2D eigenvalue weighted by atomic mass is 10.0. The second kappa shape index (κ2) is 7.91. The first-order valence-electron chi connectivity index (χ1n) is 9.77. The van der Waals surface area contributed by atoms with Gasteiger partial charge in [0.15, 0.2) is 0 Å². The van der Waals surface area contributed by atoms with Crippen molar-refractivity contribution in [2.75, 3.05) is 42.5 Å². The van der Waals surface area contributed by atoms with E-state index in [4.69, 9.17) is 11.6 Å². The average Bonchev–Trinajstić information content (AvgIpc) is 2.72. The number of benzene rings is 2. The summed E-state index contributed by atoms with van der Waals surface area (Å²) in [7, 11) is 0. The van der Waals surface area contributed by atoms with Crippen LogP contribution in [0.4, 0.5) is 11.4 Å². The van der Waals surface area contributed by atoms with E-state index in [1.165, 1.54) is 5.56 Å². The van der Waals surface area contributed by atoms with Crippen molar-refractivity contribution in [3.05, 3.63) is 59.1 Å². The van der Waals surface area contributed by atoms with Crippen LogP contribution in [0.5, 0.6) is 0 Å². The fourth-order valence-corrected chi connectivity index (χ4v) is 4.37. The Hall–Kier alpha value is -2.04. The average molecular weight is 384 g/mol. The zero-order chi connectivity index (χ0) is 18.8. The number of rotatable bonds is 3. The molecular formula is C22H26ClN3O. The van der Waals surface area contributed by atoms with Gasteiger partial charge in [0.1, 0.15) is 0 Å². The van der Waals surface area contributed by atoms with Crippen LogP contribution >= 0.6 is 11.6 Å². The molecular weight excluding hydrogens is 358 g/mol. The number of anilines is 2. The quantitative estimate of drug-likeness (QED) is 0.805. The van der Waals surface area contributed by atoms with Crippen molar-refractivity contribution in [2.45, 2.75) is 25.8 Å². The summed E-state index contributed by atoms with van der Waals surface area (Å²) in [5, 5.41) is 0.766. The number of para-hydroxylation sites is 1. The highest BCUT2D eigenvalue weighted by molar-refractivity contribution is 6.30. The maximum atomic E-state index is 13.2. The fraction of sp³-hybridized carbons (Fsp3) is 0.409. The van der Waals surface area contributed by atoms with Crippen LogP contribution in [0.2, 0.25) is 5.02 Å². The van der Waals surface area contributed by atoms with Gasteiger partial charge >= 0.3 is 0 Å². The van der Waals surface area contributed by atoms with Gasteiger partial charge in [-0.25, -0.2) is 0 Å². The largest absolute Gasteiger partial charge is 0.369 e. The van der Waals surface area contributed by atoms with Gasteiger partial charge in [0.2, 0.25) is 5.91 Å². The first-order valence-corrected chi connectivity index (χ1v) is 10.1. The predicted octanol–water partition coefficient (Wildman–Crippen LogP) is 3.83. The van der Waals surface area contributed by atoms with Gasteiger partial charge in [-0.15, -0.1) is 0 Å². The highest BCUT2D eigenvalue weighted by Gasteiger charge is 2.31. The van der Waals surface area contributed by atoms with E-state index in [2.05, 4.69) is 41.0 Å². The third-order valence-electron chi connectivity index (χ3n) is 5.77. The van der Waals surface area contributed by atoms with Gasteiger partial charge in [-0.05, 0) is 49.6 Å². The molecule has 2 aromatic rings. The molecule has 0 unspecified atom stereocenters. The van der Waals surface area contributed by atoms with Gasteiger partial charge in [-0.1, -0.05) is 35.9 Å². The molecule has 142 valence electrons. The molecule has 4 nitrogen and oxygen atoms in total. The molecule has 1 atom stereocenters. The summed E-state index contributed by atoms with van der Waals surface area (Å²) in [6, 6.07) is 16.2. The Kier molecular flexibility index (Phi) is 5.37. The summed E-state index contributed by atoms with van der Waals surface area (Å²) in [6.07, 6.45) is 2.10. The van der Waals surface area contributed by atoms with Gasteiger partial charge < -0.3 is 9.80 Å². The normalized spacial score (nSPS) is 18.9. The maximum Gasteiger partial charge on any atom is 0.244 e. The van der Waals surface area contributed by atoms with E-state index in [-0.39, 0.29) is 11.9 Å². The van der Waals surface area contributed by atoms with E-state index in [1.54, 1.807) is 0 Å². The van der Waals surface area contributed by atoms with Gasteiger partial charge in [0.25, 0.3) is 0 Å². The fourth-order valence-electron chi connectivity index (χ4n) is 4.18. The number of carbonyl (C=O) groups is 1. The van der Waals surface area contributed by atoms with Crippen LogP contribution in [0.15, 0.2) is 48.5 Å². The first kappa shape index (κ1) is 18.3. The van der Waals surface area contributed by atoms with Gasteiger partial charge in [-0.3, -0.25) is 9.69 Å². The second-order valence-corrected chi connectivity index (χ2v) is 7.84. The standard InChI is InChI=1S/C22H26ClN3O/c1-17(22(27)26-11-5-7-18-6-2-3-10-21(18)26)24-12-14-25(15-13-24)20-9-4-8-19(23)16-20/h2-4,6,8-10,16-17H,5,7,11-15H2,1H3/t17-/m1/s1. The molecule has 2 aromatic carbocycles. The van der Waals surface area contributed by atoms with Crippen LogP contribution in [0.25, 0.3) is 0 Å². The maximum absolute atomic E-state index is 13.2. The van der Waals surface area contributed by atoms with Crippen molar-refractivity contribution in [3.63, 3.8) is 0 Å². The second-order valence-electron chi connectivity index (χ2n) is 7.40. The van der Waals surface area contributed by atoms with E-state index in [1.807, 2.05) is 29.2 Å². The number of nitrogens with zero attached hydrogens (tertiary/aromatic N) is 3. The molecule has 0 aliphatic carbocycles. The summed E-state index contributed by atoms with van der Waals surface area (Å²) >= 11 is 6.12. The number of fused-ring (bicyclic) bond motifs is 1. The van der Waals surface area contributed by atoms with Crippen LogP contribution in [-0.2, 0) is 11.2 Å². The summed E-state index contributed by atoms with van der Waals surface area (Å²) in [5.74, 6) is 0.221. The van der Waals surface area contributed by atoms with Crippen LogP contribution < -0.4 is 9.80 Å². The Morgan fingerprint density at radius 2 is 1.78 bits per heavy atom. The van der Waals surface area contributed by atoms with Crippen molar-refractivity contribution < 1.29 is 4.79 Å². The number of amides is 1. The van der Waals surface area contributed by atoms with Crippen LogP contribution in [-0.4, -0.2) is 49.6 Å². The number of hydrogen-bond donors (Lipinski definition) is 0. The number of hydrogen-bond acceptors (Lipinski definition) is 3. The summed E-state index contributed by atoms with van der Waals surface area (Å²) in [6.45, 7) is 6.46. The Morgan fingerprint density at radius 3 is 2.56 bits per heavy atom. The molecule has 0 N–H and O–H groups in total. The predicted molar refractivity (Wildman–Crippen MR) is 112 cm³/mol. The molecule has 0 aromatic heterocycles. The van der Waals surface area contributed by atoms with E-state index in [9.17, 15) is 4.79 Å². The van der Waals surface area contributed by atoms with Crippen molar-refractivity contribution in [3.8, 4) is 0 Å². The Morgan fingerprint density at radius 1 is 1.00 bits per heavy atom. The third kappa shape index (κ3) is 3.83. The van der Waals surface area contributed by atoms with E-state index in [0.29, 0.717) is 0 Å². The smallest absolute Gasteiger partial charge is 0.244 e. The zero-order valence-electron chi connectivity index (χ0n) is 15.8. The van der Waals surface area contributed by atoms with Crippen molar-refractivity contribution in [1.82, 2.24) is 4.90 Å². The van der Waals surface area contributed by atoms with Gasteiger partial charge in [0.05, 0.1) is 6.04 Å². The Bertz CT molecular complexity index is 817. The SMILES string of the molecule is C[C@H](C(=O)N1CCCc2ccccc21)N1CCN(c2cccc(Cl)c2)CC1. The van der Waals surface area contributed by atoms with Crippen molar-refractivity contribution in [2.24, 2.45) is 0 Å². The molecule has 2 heterocycles. The topological polar surface area (TPSA) is 26.8 Å². The highest BCUT2D eigenvalue weighted by Crippen LogP contribution is 2.28. The lowest BCUT2D eigenvalue weighted by Crippen LogP contribution is -2.55. The van der Waals surface area contributed by atoms with Crippen molar-refractivity contribution in [1.29, 1.82) is 0 Å². The van der Waals surface area contributed by atoms with Gasteiger partial charge in [0, 0.05) is 49.1 Å². The molecule has 0 bridgehead atoms. The van der Waals surface area contributed by atoms with Crippen LogP contribution in [0.1, 0.15) is 18.9 Å². The van der Waals surface area contributed by atoms with Gasteiger partial charge in [-0.2, -0.15) is 0 Å². The minimum Gasteiger partial charge on any atom is -0.369 e. The Labute approximate surface area is 166 Å². The molecule has 2 aliphatic heterocycles. The van der Waals surface area contributed by atoms with Crippen LogP contribution in [0, 0.1) is 0 Å². The zero-order valence-corrected chi connectivity index (χ0v) is 16.5. The lowest BCUT2D eigenvalue weighted by molar-refractivity contribution is -0.123. The molecule has 2 aliphatic rings. The number of aryl methyl sites for hydroxylation is 1.